The fraction of sp³-hybridized carbons (Fsp3) is 0.300. The maximum atomic E-state index is 8.72. The van der Waals surface area contributed by atoms with E-state index in [-0.39, 0.29) is 6.61 Å². The Morgan fingerprint density at radius 3 is 3.15 bits per heavy atom. The average molecular weight is 176 g/mol. The zero-order valence-corrected chi connectivity index (χ0v) is 7.35. The number of pyridine rings is 1. The number of rotatable bonds is 3. The van der Waals surface area contributed by atoms with Crippen molar-refractivity contribution in [1.82, 2.24) is 9.55 Å². The summed E-state index contributed by atoms with van der Waals surface area (Å²) in [5.41, 5.74) is 1.15. The molecule has 0 amide bonds. The molecule has 2 rings (SSSR count). The second-order valence-corrected chi connectivity index (χ2v) is 3.00. The third-order valence-electron chi connectivity index (χ3n) is 2.08. The van der Waals surface area contributed by atoms with Crippen LogP contribution < -0.4 is 0 Å². The van der Waals surface area contributed by atoms with Gasteiger partial charge in [-0.15, -0.1) is 0 Å². The molecule has 0 radical (unpaired) electrons. The molecule has 68 valence electrons. The standard InChI is InChI=1S/C10H12N2O/c13-8-2-7-12-6-1-3-9-4-5-11-10(9)12/h1,3-6,13H,2,7-8H2. The fourth-order valence-electron chi connectivity index (χ4n) is 1.45. The van der Waals surface area contributed by atoms with Crippen LogP contribution in [-0.2, 0) is 6.54 Å². The van der Waals surface area contributed by atoms with Crippen molar-refractivity contribution in [3.05, 3.63) is 30.6 Å². The number of aliphatic hydroxyl groups is 1. The molecule has 0 aromatic heterocycles. The van der Waals surface area contributed by atoms with Crippen molar-refractivity contribution >= 4 is 0 Å². The van der Waals surface area contributed by atoms with Crippen LogP contribution in [0.3, 0.4) is 0 Å². The predicted molar refractivity (Wildman–Crippen MR) is 50.6 cm³/mol. The molecule has 13 heavy (non-hydrogen) atoms. The third kappa shape index (κ3) is 1.55. The molecule has 2 aliphatic rings. The molecule has 0 fully saturated rings. The summed E-state index contributed by atoms with van der Waals surface area (Å²) in [4.78, 5) is 4.25. The van der Waals surface area contributed by atoms with Crippen LogP contribution in [0.1, 0.15) is 6.42 Å². The van der Waals surface area contributed by atoms with Crippen molar-refractivity contribution in [3.8, 4) is 11.4 Å². The van der Waals surface area contributed by atoms with E-state index >= 15 is 0 Å². The normalized spacial score (nSPS) is 10.8. The summed E-state index contributed by atoms with van der Waals surface area (Å²) in [5.74, 6) is 0.996. The van der Waals surface area contributed by atoms with Crippen LogP contribution in [0.5, 0.6) is 0 Å². The van der Waals surface area contributed by atoms with Gasteiger partial charge in [0.1, 0.15) is 5.82 Å². The highest BCUT2D eigenvalue weighted by atomic mass is 16.3. The van der Waals surface area contributed by atoms with Crippen LogP contribution in [0.25, 0.3) is 11.4 Å². The van der Waals surface area contributed by atoms with Gasteiger partial charge in [-0.3, -0.25) is 0 Å². The lowest BCUT2D eigenvalue weighted by atomic mass is 10.2. The summed E-state index contributed by atoms with van der Waals surface area (Å²) in [6.45, 7) is 1.05. The maximum absolute atomic E-state index is 8.72. The number of hydrogen-bond acceptors (Lipinski definition) is 2. The Morgan fingerprint density at radius 1 is 1.38 bits per heavy atom. The summed E-state index contributed by atoms with van der Waals surface area (Å²) < 4.78 is 2.06. The molecular formula is C10H12N2O. The topological polar surface area (TPSA) is 38.0 Å². The summed E-state index contributed by atoms with van der Waals surface area (Å²) in [5, 5.41) is 8.72. The molecule has 1 N–H and O–H groups in total. The smallest absolute Gasteiger partial charge is 0.139 e. The number of nitrogens with zero attached hydrogens (tertiary/aromatic N) is 2. The Hall–Kier alpha value is -1.35. The van der Waals surface area contributed by atoms with E-state index in [9.17, 15) is 0 Å². The van der Waals surface area contributed by atoms with Gasteiger partial charge in [0.2, 0.25) is 0 Å². The van der Waals surface area contributed by atoms with Gasteiger partial charge in [-0.05, 0) is 24.6 Å². The van der Waals surface area contributed by atoms with E-state index in [2.05, 4.69) is 9.55 Å². The van der Waals surface area contributed by atoms with Crippen molar-refractivity contribution in [3.63, 3.8) is 0 Å². The van der Waals surface area contributed by atoms with E-state index in [1.807, 2.05) is 24.4 Å². The molecule has 0 aromatic rings. The monoisotopic (exact) mass is 176 g/mol. The van der Waals surface area contributed by atoms with Gasteiger partial charge in [-0.25, -0.2) is 4.98 Å². The number of fused-ring (bicyclic) bond motifs is 1. The molecule has 2 heterocycles. The minimum Gasteiger partial charge on any atom is -0.396 e. The van der Waals surface area contributed by atoms with E-state index in [4.69, 9.17) is 5.11 Å². The Kier molecular flexibility index (Phi) is 2.27. The summed E-state index contributed by atoms with van der Waals surface area (Å²) >= 11 is 0. The van der Waals surface area contributed by atoms with E-state index in [0.29, 0.717) is 0 Å². The van der Waals surface area contributed by atoms with Gasteiger partial charge in [0.15, 0.2) is 0 Å². The van der Waals surface area contributed by atoms with Crippen LogP contribution in [0.15, 0.2) is 30.6 Å². The molecule has 0 saturated heterocycles. The Morgan fingerprint density at radius 2 is 2.31 bits per heavy atom. The molecule has 0 spiro atoms. The quantitative estimate of drug-likeness (QED) is 0.767. The van der Waals surface area contributed by atoms with E-state index in [1.165, 1.54) is 0 Å². The molecule has 0 atom stereocenters. The highest BCUT2D eigenvalue weighted by Gasteiger charge is 2.05. The van der Waals surface area contributed by atoms with Crippen LogP contribution in [0, 0.1) is 0 Å². The molecule has 0 aromatic carbocycles. The van der Waals surface area contributed by atoms with Gasteiger partial charge >= 0.3 is 0 Å². The number of hydrogen-bond donors (Lipinski definition) is 1. The van der Waals surface area contributed by atoms with Crippen molar-refractivity contribution in [2.45, 2.75) is 13.0 Å². The zero-order valence-electron chi connectivity index (χ0n) is 7.35. The lowest BCUT2D eigenvalue weighted by Crippen LogP contribution is -2.04. The summed E-state index contributed by atoms with van der Waals surface area (Å²) in [6.07, 6.45) is 4.57. The fourth-order valence-corrected chi connectivity index (χ4v) is 1.45. The lowest BCUT2D eigenvalue weighted by Gasteiger charge is -2.09. The van der Waals surface area contributed by atoms with Crippen LogP contribution >= 0.6 is 0 Å². The molecule has 3 heteroatoms. The Balaban J connectivity index is 2.30. The predicted octanol–water partition coefficient (Wildman–Crippen LogP) is 1.37. The summed E-state index contributed by atoms with van der Waals surface area (Å²) in [6, 6.07) is 6.03. The number of aryl methyl sites for hydroxylation is 1. The van der Waals surface area contributed by atoms with E-state index in [0.717, 1.165) is 24.4 Å². The van der Waals surface area contributed by atoms with Crippen molar-refractivity contribution in [1.29, 1.82) is 0 Å². The van der Waals surface area contributed by atoms with Crippen LogP contribution in [0.4, 0.5) is 0 Å². The SMILES string of the molecule is OCCCn1cccc2ccnc1-2. The van der Waals surface area contributed by atoms with Gasteiger partial charge in [-0.2, -0.15) is 0 Å². The lowest BCUT2D eigenvalue weighted by molar-refractivity contribution is 0.280. The molecular weight excluding hydrogens is 164 g/mol. The highest BCUT2D eigenvalue weighted by molar-refractivity contribution is 5.56. The van der Waals surface area contributed by atoms with E-state index < -0.39 is 0 Å². The van der Waals surface area contributed by atoms with Gasteiger partial charge < -0.3 is 9.67 Å². The molecule has 0 saturated carbocycles. The van der Waals surface area contributed by atoms with Crippen molar-refractivity contribution < 1.29 is 5.11 Å². The largest absolute Gasteiger partial charge is 0.396 e. The number of aromatic nitrogens is 2. The maximum Gasteiger partial charge on any atom is 0.139 e. The first-order valence-electron chi connectivity index (χ1n) is 4.42. The van der Waals surface area contributed by atoms with Gasteiger partial charge in [0.25, 0.3) is 0 Å². The molecule has 2 aliphatic heterocycles. The van der Waals surface area contributed by atoms with Crippen molar-refractivity contribution in [2.75, 3.05) is 6.61 Å². The molecule has 0 bridgehead atoms. The first-order chi connectivity index (χ1) is 6.42. The van der Waals surface area contributed by atoms with Crippen LogP contribution in [0.2, 0.25) is 0 Å². The minimum atomic E-state index is 0.226. The van der Waals surface area contributed by atoms with Gasteiger partial charge in [0.05, 0.1) is 0 Å². The van der Waals surface area contributed by atoms with Crippen molar-refractivity contribution in [2.24, 2.45) is 0 Å². The summed E-state index contributed by atoms with van der Waals surface area (Å²) in [7, 11) is 0. The third-order valence-corrected chi connectivity index (χ3v) is 2.08. The van der Waals surface area contributed by atoms with E-state index in [1.54, 1.807) is 6.20 Å². The minimum absolute atomic E-state index is 0.226. The first kappa shape index (κ1) is 8.26. The highest BCUT2D eigenvalue weighted by Crippen LogP contribution is 2.18. The number of aliphatic hydroxyl groups excluding tert-OH is 1. The molecule has 0 aliphatic carbocycles. The van der Waals surface area contributed by atoms with Crippen LogP contribution in [-0.4, -0.2) is 21.3 Å². The zero-order chi connectivity index (χ0) is 9.10. The molecule has 3 nitrogen and oxygen atoms in total. The average Bonchev–Trinajstić information content (AvgIpc) is 2.62. The first-order valence-corrected chi connectivity index (χ1v) is 4.42. The Bertz CT molecular complexity index is 356. The Labute approximate surface area is 77.0 Å². The van der Waals surface area contributed by atoms with Gasteiger partial charge in [0, 0.05) is 31.1 Å². The second kappa shape index (κ2) is 3.58. The van der Waals surface area contributed by atoms with Gasteiger partial charge in [-0.1, -0.05) is 0 Å². The second-order valence-electron chi connectivity index (χ2n) is 3.00. The molecule has 0 unspecified atom stereocenters.